The first kappa shape index (κ1) is 15.1. The lowest BCUT2D eigenvalue weighted by Gasteiger charge is -2.06. The van der Waals surface area contributed by atoms with E-state index in [1.165, 1.54) is 24.3 Å². The predicted molar refractivity (Wildman–Crippen MR) is 75.5 cm³/mol. The predicted octanol–water partition coefficient (Wildman–Crippen LogP) is 4.84. The third kappa shape index (κ3) is 3.43. The molecule has 1 nitrogen and oxygen atoms in total. The third-order valence-electron chi connectivity index (χ3n) is 2.49. The maximum atomic E-state index is 13.7. The fourth-order valence-electron chi connectivity index (χ4n) is 1.56. The van der Waals surface area contributed by atoms with Crippen LogP contribution in [0.4, 0.5) is 13.2 Å². The van der Waals surface area contributed by atoms with E-state index in [0.717, 1.165) is 17.8 Å². The number of ketones is 1. The van der Waals surface area contributed by atoms with Crippen molar-refractivity contribution < 1.29 is 18.0 Å². The monoisotopic (exact) mass is 360 g/mol. The largest absolute Gasteiger partial charge is 0.293 e. The zero-order valence-electron chi connectivity index (χ0n) is 10.00. The molecular formula is C14H8BrF3OS. The smallest absolute Gasteiger partial charge is 0.179 e. The SMILES string of the molecule is O=C(CSc1cccc(F)c1)c1c(F)ccc(Br)c1F. The third-order valence-corrected chi connectivity index (χ3v) is 4.10. The summed E-state index contributed by atoms with van der Waals surface area (Å²) in [5.41, 5.74) is -0.580. The number of rotatable bonds is 4. The van der Waals surface area contributed by atoms with Crippen LogP contribution in [0.1, 0.15) is 10.4 Å². The first-order valence-electron chi connectivity index (χ1n) is 5.54. The summed E-state index contributed by atoms with van der Waals surface area (Å²) in [6.45, 7) is 0. The molecule has 2 aromatic rings. The number of thioether (sulfide) groups is 1. The zero-order valence-corrected chi connectivity index (χ0v) is 12.4. The Bertz CT molecular complexity index is 661. The van der Waals surface area contributed by atoms with E-state index in [9.17, 15) is 18.0 Å². The first-order chi connectivity index (χ1) is 9.49. The molecule has 0 atom stereocenters. The fourth-order valence-corrected chi connectivity index (χ4v) is 2.70. The lowest BCUT2D eigenvalue weighted by atomic mass is 10.1. The van der Waals surface area contributed by atoms with Crippen molar-refractivity contribution in [1.82, 2.24) is 0 Å². The molecule has 0 spiro atoms. The van der Waals surface area contributed by atoms with Crippen LogP contribution < -0.4 is 0 Å². The minimum absolute atomic E-state index is 0.0259. The molecule has 0 amide bonds. The van der Waals surface area contributed by atoms with Gasteiger partial charge >= 0.3 is 0 Å². The maximum absolute atomic E-state index is 13.7. The van der Waals surface area contributed by atoms with Gasteiger partial charge in [-0.1, -0.05) is 6.07 Å². The van der Waals surface area contributed by atoms with Gasteiger partial charge in [0.2, 0.25) is 0 Å². The summed E-state index contributed by atoms with van der Waals surface area (Å²) in [6, 6.07) is 7.87. The quantitative estimate of drug-likeness (QED) is 0.440. The van der Waals surface area contributed by atoms with E-state index in [4.69, 9.17) is 0 Å². The van der Waals surface area contributed by atoms with Gasteiger partial charge in [0.15, 0.2) is 11.6 Å². The molecule has 0 radical (unpaired) electrons. The Balaban J connectivity index is 2.15. The van der Waals surface area contributed by atoms with E-state index < -0.39 is 28.8 Å². The van der Waals surface area contributed by atoms with E-state index in [1.54, 1.807) is 6.07 Å². The second kappa shape index (κ2) is 6.45. The summed E-state index contributed by atoms with van der Waals surface area (Å²) < 4.78 is 40.2. The second-order valence-corrected chi connectivity index (χ2v) is 5.79. The van der Waals surface area contributed by atoms with Gasteiger partial charge in [-0.2, -0.15) is 0 Å². The normalized spacial score (nSPS) is 10.6. The van der Waals surface area contributed by atoms with Crippen LogP contribution in [0.5, 0.6) is 0 Å². The molecule has 0 unspecified atom stereocenters. The summed E-state index contributed by atoms with van der Waals surface area (Å²) >= 11 is 3.93. The lowest BCUT2D eigenvalue weighted by molar-refractivity contribution is 0.101. The van der Waals surface area contributed by atoms with Crippen LogP contribution in [0.25, 0.3) is 0 Å². The van der Waals surface area contributed by atoms with Crippen molar-refractivity contribution in [3.05, 3.63) is 63.9 Å². The van der Waals surface area contributed by atoms with Gasteiger partial charge in [0.25, 0.3) is 0 Å². The highest BCUT2D eigenvalue weighted by Gasteiger charge is 2.19. The van der Waals surface area contributed by atoms with Gasteiger partial charge in [0.05, 0.1) is 15.8 Å². The lowest BCUT2D eigenvalue weighted by Crippen LogP contribution is -2.09. The van der Waals surface area contributed by atoms with Gasteiger partial charge in [-0.3, -0.25) is 4.79 Å². The van der Waals surface area contributed by atoms with Crippen LogP contribution in [0.3, 0.4) is 0 Å². The average Bonchev–Trinajstić information content (AvgIpc) is 2.41. The summed E-state index contributed by atoms with van der Waals surface area (Å²) in [7, 11) is 0. The van der Waals surface area contributed by atoms with E-state index in [2.05, 4.69) is 15.9 Å². The molecule has 0 bridgehead atoms. The van der Waals surface area contributed by atoms with Gasteiger partial charge in [-0.15, -0.1) is 11.8 Å². The molecule has 0 heterocycles. The first-order valence-corrected chi connectivity index (χ1v) is 7.32. The van der Waals surface area contributed by atoms with Crippen molar-refractivity contribution in [1.29, 1.82) is 0 Å². The van der Waals surface area contributed by atoms with Gasteiger partial charge in [0, 0.05) is 4.90 Å². The van der Waals surface area contributed by atoms with Crippen LogP contribution in [0.2, 0.25) is 0 Å². The Labute approximate surface area is 126 Å². The van der Waals surface area contributed by atoms with Gasteiger partial charge in [-0.25, -0.2) is 13.2 Å². The molecule has 20 heavy (non-hydrogen) atoms. The Kier molecular flexibility index (Phi) is 4.88. The molecule has 0 saturated carbocycles. The Hall–Kier alpha value is -1.27. The molecule has 0 aliphatic rings. The van der Waals surface area contributed by atoms with E-state index in [0.29, 0.717) is 4.90 Å². The molecule has 0 saturated heterocycles. The zero-order chi connectivity index (χ0) is 14.7. The molecule has 6 heteroatoms. The van der Waals surface area contributed by atoms with Crippen molar-refractivity contribution in [2.45, 2.75) is 4.90 Å². The number of hydrogen-bond acceptors (Lipinski definition) is 2. The van der Waals surface area contributed by atoms with Crippen LogP contribution >= 0.6 is 27.7 Å². The van der Waals surface area contributed by atoms with Crippen molar-refractivity contribution in [2.75, 3.05) is 5.75 Å². The highest BCUT2D eigenvalue weighted by atomic mass is 79.9. The molecule has 0 N–H and O–H groups in total. The van der Waals surface area contributed by atoms with E-state index in [-0.39, 0.29) is 10.2 Å². The fraction of sp³-hybridized carbons (Fsp3) is 0.0714. The summed E-state index contributed by atoms with van der Waals surface area (Å²) in [5, 5.41) is 0. The molecule has 2 aromatic carbocycles. The number of carbonyl (C=O) groups excluding carboxylic acids is 1. The van der Waals surface area contributed by atoms with Crippen molar-refractivity contribution in [2.24, 2.45) is 0 Å². The Morgan fingerprint density at radius 2 is 1.90 bits per heavy atom. The van der Waals surface area contributed by atoms with Crippen LogP contribution in [0.15, 0.2) is 45.8 Å². The maximum Gasteiger partial charge on any atom is 0.179 e. The highest BCUT2D eigenvalue weighted by Crippen LogP contribution is 2.25. The number of hydrogen-bond donors (Lipinski definition) is 0. The number of Topliss-reactive ketones (excluding diaryl/α,β-unsaturated/α-hetero) is 1. The standard InChI is InChI=1S/C14H8BrF3OS/c15-10-4-5-11(17)13(14(10)18)12(19)7-20-9-3-1-2-8(16)6-9/h1-6H,7H2. The van der Waals surface area contributed by atoms with Gasteiger partial charge in [0.1, 0.15) is 11.6 Å². The molecular weight excluding hydrogens is 353 g/mol. The van der Waals surface area contributed by atoms with Crippen molar-refractivity contribution in [3.63, 3.8) is 0 Å². The number of carbonyl (C=O) groups is 1. The topological polar surface area (TPSA) is 17.1 Å². The van der Waals surface area contributed by atoms with Crippen LogP contribution in [-0.2, 0) is 0 Å². The van der Waals surface area contributed by atoms with E-state index in [1.807, 2.05) is 0 Å². The average molecular weight is 361 g/mol. The second-order valence-electron chi connectivity index (χ2n) is 3.89. The molecule has 0 fully saturated rings. The van der Waals surface area contributed by atoms with Crippen molar-refractivity contribution >= 4 is 33.5 Å². The van der Waals surface area contributed by atoms with Crippen LogP contribution in [0, 0.1) is 17.5 Å². The van der Waals surface area contributed by atoms with Crippen molar-refractivity contribution in [3.8, 4) is 0 Å². The highest BCUT2D eigenvalue weighted by molar-refractivity contribution is 9.10. The molecule has 104 valence electrons. The minimum Gasteiger partial charge on any atom is -0.293 e. The van der Waals surface area contributed by atoms with Crippen LogP contribution in [-0.4, -0.2) is 11.5 Å². The Morgan fingerprint density at radius 3 is 2.60 bits per heavy atom. The molecule has 0 aliphatic heterocycles. The molecule has 0 aromatic heterocycles. The molecule has 2 rings (SSSR count). The molecule has 0 aliphatic carbocycles. The summed E-state index contributed by atoms with van der Waals surface area (Å²) in [4.78, 5) is 12.4. The summed E-state index contributed by atoms with van der Waals surface area (Å²) in [5.74, 6) is -3.11. The Morgan fingerprint density at radius 1 is 1.15 bits per heavy atom. The minimum atomic E-state index is -0.921. The van der Waals surface area contributed by atoms with E-state index >= 15 is 0 Å². The number of halogens is 4. The summed E-state index contributed by atoms with van der Waals surface area (Å²) in [6.07, 6.45) is 0. The van der Waals surface area contributed by atoms with Gasteiger partial charge < -0.3 is 0 Å². The number of benzene rings is 2. The van der Waals surface area contributed by atoms with Gasteiger partial charge in [-0.05, 0) is 46.3 Å².